The number of hydrogen-bond acceptors (Lipinski definition) is 2. The Labute approximate surface area is 150 Å². The van der Waals surface area contributed by atoms with Gasteiger partial charge < -0.3 is 9.80 Å². The van der Waals surface area contributed by atoms with Crippen LogP contribution in [0.3, 0.4) is 0 Å². The van der Waals surface area contributed by atoms with Crippen LogP contribution in [-0.2, 0) is 4.79 Å². The minimum absolute atomic E-state index is 0.107. The van der Waals surface area contributed by atoms with Gasteiger partial charge in [0.25, 0.3) is 5.91 Å². The molecule has 0 aromatic heterocycles. The van der Waals surface area contributed by atoms with Crippen LogP contribution in [0.4, 0.5) is 11.4 Å². The summed E-state index contributed by atoms with van der Waals surface area (Å²) in [5.41, 5.74) is 5.14. The van der Waals surface area contributed by atoms with E-state index in [-0.39, 0.29) is 5.91 Å². The quantitative estimate of drug-likeness (QED) is 0.706. The number of hydrogen-bond donors (Lipinski definition) is 0. The van der Waals surface area contributed by atoms with Gasteiger partial charge in [0.05, 0.1) is 5.69 Å². The number of carbonyl (C=O) groups is 1. The largest absolute Gasteiger partial charge is 0.372 e. The van der Waals surface area contributed by atoms with Crippen molar-refractivity contribution in [2.75, 3.05) is 29.4 Å². The fourth-order valence-corrected chi connectivity index (χ4v) is 3.43. The summed E-state index contributed by atoms with van der Waals surface area (Å²) >= 11 is 0. The summed E-state index contributed by atoms with van der Waals surface area (Å²) in [6, 6.07) is 16.5. The first-order valence-electron chi connectivity index (χ1n) is 9.17. The van der Waals surface area contributed by atoms with E-state index in [1.807, 2.05) is 35.2 Å². The first-order chi connectivity index (χ1) is 12.2. The topological polar surface area (TPSA) is 23.6 Å². The van der Waals surface area contributed by atoms with Gasteiger partial charge >= 0.3 is 0 Å². The molecule has 1 aliphatic rings. The summed E-state index contributed by atoms with van der Waals surface area (Å²) in [5, 5.41) is 0. The van der Waals surface area contributed by atoms with Gasteiger partial charge in [0.2, 0.25) is 0 Å². The summed E-state index contributed by atoms with van der Waals surface area (Å²) in [4.78, 5) is 17.1. The molecule has 2 aromatic carbocycles. The molecule has 0 unspecified atom stereocenters. The molecule has 1 amide bonds. The number of benzene rings is 2. The van der Waals surface area contributed by atoms with Crippen LogP contribution >= 0.6 is 0 Å². The first-order valence-corrected chi connectivity index (χ1v) is 9.17. The van der Waals surface area contributed by atoms with Crippen LogP contribution in [0.25, 0.3) is 11.6 Å². The molecule has 25 heavy (non-hydrogen) atoms. The van der Waals surface area contributed by atoms with Gasteiger partial charge in [-0.2, -0.15) is 0 Å². The third-order valence-corrected chi connectivity index (χ3v) is 4.74. The molecule has 2 aromatic rings. The van der Waals surface area contributed by atoms with Crippen LogP contribution < -0.4 is 9.80 Å². The molecule has 3 nitrogen and oxygen atoms in total. The maximum absolute atomic E-state index is 12.9. The van der Waals surface area contributed by atoms with E-state index in [0.29, 0.717) is 0 Å². The van der Waals surface area contributed by atoms with E-state index in [4.69, 9.17) is 0 Å². The van der Waals surface area contributed by atoms with Crippen LogP contribution in [0.2, 0.25) is 0 Å². The van der Waals surface area contributed by atoms with Gasteiger partial charge in [0, 0.05) is 36.5 Å². The van der Waals surface area contributed by atoms with E-state index in [2.05, 4.69) is 49.9 Å². The van der Waals surface area contributed by atoms with Crippen molar-refractivity contribution in [1.29, 1.82) is 0 Å². The third-order valence-electron chi connectivity index (χ3n) is 4.74. The lowest BCUT2D eigenvalue weighted by Gasteiger charge is -2.20. The Morgan fingerprint density at radius 2 is 1.64 bits per heavy atom. The summed E-state index contributed by atoms with van der Waals surface area (Å²) < 4.78 is 0. The first kappa shape index (κ1) is 17.3. The average molecular weight is 334 g/mol. The van der Waals surface area contributed by atoms with Crippen LogP contribution in [0.15, 0.2) is 48.5 Å². The summed E-state index contributed by atoms with van der Waals surface area (Å²) in [6.45, 7) is 9.17. The van der Waals surface area contributed by atoms with Gasteiger partial charge in [-0.05, 0) is 50.1 Å². The molecule has 0 spiro atoms. The van der Waals surface area contributed by atoms with Crippen molar-refractivity contribution in [3.05, 3.63) is 59.7 Å². The van der Waals surface area contributed by atoms with E-state index in [1.165, 1.54) is 5.69 Å². The minimum Gasteiger partial charge on any atom is -0.372 e. The predicted molar refractivity (Wildman–Crippen MR) is 107 cm³/mol. The van der Waals surface area contributed by atoms with E-state index in [9.17, 15) is 4.79 Å². The molecule has 3 rings (SSSR count). The van der Waals surface area contributed by atoms with E-state index < -0.39 is 0 Å². The number of anilines is 2. The van der Waals surface area contributed by atoms with Gasteiger partial charge in [0.15, 0.2) is 0 Å². The molecule has 0 aliphatic carbocycles. The molecule has 0 saturated heterocycles. The highest BCUT2D eigenvalue weighted by atomic mass is 16.2. The smallest absolute Gasteiger partial charge is 0.258 e. The van der Waals surface area contributed by atoms with Crippen LogP contribution in [-0.4, -0.2) is 25.5 Å². The SMILES string of the molecule is CCCN1C(=O)/C(=C\c2ccc(N(CC)CC)cc2)c2ccccc21. The lowest BCUT2D eigenvalue weighted by atomic mass is 10.0. The molecule has 0 atom stereocenters. The third kappa shape index (κ3) is 3.32. The number of amides is 1. The Kier molecular flexibility index (Phi) is 5.22. The maximum atomic E-state index is 12.9. The van der Waals surface area contributed by atoms with E-state index >= 15 is 0 Å². The summed E-state index contributed by atoms with van der Waals surface area (Å²) in [7, 11) is 0. The Hall–Kier alpha value is -2.55. The highest BCUT2D eigenvalue weighted by Gasteiger charge is 2.31. The number of carbonyl (C=O) groups excluding carboxylic acids is 1. The molecule has 0 N–H and O–H groups in total. The van der Waals surface area contributed by atoms with Gasteiger partial charge in [-0.15, -0.1) is 0 Å². The van der Waals surface area contributed by atoms with Crippen molar-refractivity contribution in [3.63, 3.8) is 0 Å². The second kappa shape index (κ2) is 7.56. The Bertz CT molecular complexity index is 773. The number of rotatable bonds is 6. The number of para-hydroxylation sites is 1. The lowest BCUT2D eigenvalue weighted by Crippen LogP contribution is -2.26. The second-order valence-electron chi connectivity index (χ2n) is 6.30. The normalized spacial score (nSPS) is 14.9. The molecule has 0 bridgehead atoms. The van der Waals surface area contributed by atoms with Gasteiger partial charge in [-0.25, -0.2) is 0 Å². The molecule has 3 heteroatoms. The molecule has 0 radical (unpaired) electrons. The summed E-state index contributed by atoms with van der Waals surface area (Å²) in [5.74, 6) is 0.107. The zero-order valence-corrected chi connectivity index (χ0v) is 15.3. The molecular formula is C22H26N2O. The molecule has 0 fully saturated rings. The fraction of sp³-hybridized carbons (Fsp3) is 0.318. The molecule has 1 heterocycles. The van der Waals surface area contributed by atoms with Gasteiger partial charge in [-0.1, -0.05) is 37.3 Å². The van der Waals surface area contributed by atoms with E-state index in [0.717, 1.165) is 48.4 Å². The minimum atomic E-state index is 0.107. The molecule has 1 aliphatic heterocycles. The van der Waals surface area contributed by atoms with Crippen molar-refractivity contribution in [3.8, 4) is 0 Å². The highest BCUT2D eigenvalue weighted by Crippen LogP contribution is 2.37. The Morgan fingerprint density at radius 1 is 0.960 bits per heavy atom. The monoisotopic (exact) mass is 334 g/mol. The van der Waals surface area contributed by atoms with Crippen molar-refractivity contribution < 1.29 is 4.79 Å². The Morgan fingerprint density at radius 3 is 2.28 bits per heavy atom. The van der Waals surface area contributed by atoms with Crippen molar-refractivity contribution in [2.24, 2.45) is 0 Å². The Balaban J connectivity index is 1.94. The fourth-order valence-electron chi connectivity index (χ4n) is 3.43. The van der Waals surface area contributed by atoms with Crippen molar-refractivity contribution >= 4 is 28.9 Å². The molecule has 130 valence electrons. The maximum Gasteiger partial charge on any atom is 0.258 e. The highest BCUT2D eigenvalue weighted by molar-refractivity contribution is 6.35. The van der Waals surface area contributed by atoms with Crippen molar-refractivity contribution in [1.82, 2.24) is 0 Å². The van der Waals surface area contributed by atoms with Crippen LogP contribution in [0.1, 0.15) is 38.3 Å². The van der Waals surface area contributed by atoms with Gasteiger partial charge in [0.1, 0.15) is 0 Å². The lowest BCUT2D eigenvalue weighted by molar-refractivity contribution is -0.113. The average Bonchev–Trinajstić information content (AvgIpc) is 2.90. The van der Waals surface area contributed by atoms with Gasteiger partial charge in [-0.3, -0.25) is 4.79 Å². The second-order valence-corrected chi connectivity index (χ2v) is 6.30. The zero-order chi connectivity index (χ0) is 17.8. The van der Waals surface area contributed by atoms with Crippen LogP contribution in [0.5, 0.6) is 0 Å². The summed E-state index contributed by atoms with van der Waals surface area (Å²) in [6.07, 6.45) is 2.97. The van der Waals surface area contributed by atoms with Crippen molar-refractivity contribution in [2.45, 2.75) is 27.2 Å². The molecule has 0 saturated carbocycles. The van der Waals surface area contributed by atoms with E-state index in [1.54, 1.807) is 0 Å². The standard InChI is InChI=1S/C22H26N2O/c1-4-15-24-21-10-8-7-9-19(21)20(22(24)25)16-17-11-13-18(14-12-17)23(5-2)6-3/h7-14,16H,4-6,15H2,1-3H3/b20-16-. The zero-order valence-electron chi connectivity index (χ0n) is 15.3. The van der Waals surface area contributed by atoms with Crippen LogP contribution in [0, 0.1) is 0 Å². The number of fused-ring (bicyclic) bond motifs is 1. The predicted octanol–water partition coefficient (Wildman–Crippen LogP) is 4.83. The number of nitrogens with zero attached hydrogens (tertiary/aromatic N) is 2. The molecular weight excluding hydrogens is 308 g/mol.